The minimum Gasteiger partial charge on any atom is -0.353 e. The fourth-order valence-corrected chi connectivity index (χ4v) is 3.65. The van der Waals surface area contributed by atoms with Gasteiger partial charge in [-0.15, -0.1) is 0 Å². The molecule has 6 heteroatoms. The van der Waals surface area contributed by atoms with E-state index in [9.17, 15) is 9.18 Å². The molecule has 1 aliphatic rings. The van der Waals surface area contributed by atoms with Crippen LogP contribution >= 0.6 is 0 Å². The maximum Gasteiger partial charge on any atom is 0.223 e. The molecule has 3 N–H and O–H groups in total. The van der Waals surface area contributed by atoms with Crippen molar-refractivity contribution in [2.24, 2.45) is 5.92 Å². The molecule has 0 bridgehead atoms. The Balaban J connectivity index is 1.25. The van der Waals surface area contributed by atoms with Crippen molar-refractivity contribution in [1.29, 1.82) is 0 Å². The van der Waals surface area contributed by atoms with E-state index in [0.29, 0.717) is 12.6 Å². The van der Waals surface area contributed by atoms with E-state index < -0.39 is 0 Å². The highest BCUT2D eigenvalue weighted by Gasteiger charge is 2.26. The van der Waals surface area contributed by atoms with Crippen molar-refractivity contribution in [3.8, 4) is 0 Å². The van der Waals surface area contributed by atoms with Crippen LogP contribution in [0.4, 0.5) is 10.3 Å². The van der Waals surface area contributed by atoms with Crippen LogP contribution in [0.5, 0.6) is 0 Å². The molecule has 1 heterocycles. The standard InChI is InChI=1S/C21H23FN4O/c22-16-9-5-14(6-10-16)13-23-20(27)15-7-11-17(12-8-15)24-21-25-18-3-1-2-4-19(18)26-21/h1-6,9-10,15,17H,7-8,11-13H2,(H,23,27)(H2,24,25,26)/t15-,17-. The molecule has 1 aliphatic carbocycles. The molecule has 3 aromatic rings. The Bertz CT molecular complexity index is 880. The van der Waals surface area contributed by atoms with Crippen LogP contribution in [0.2, 0.25) is 0 Å². The molecule has 1 fully saturated rings. The molecule has 0 unspecified atom stereocenters. The van der Waals surface area contributed by atoms with Gasteiger partial charge >= 0.3 is 0 Å². The molecule has 1 aromatic heterocycles. The van der Waals surface area contributed by atoms with Crippen LogP contribution in [0.25, 0.3) is 11.0 Å². The largest absolute Gasteiger partial charge is 0.353 e. The van der Waals surface area contributed by atoms with Gasteiger partial charge in [0.1, 0.15) is 5.82 Å². The van der Waals surface area contributed by atoms with Crippen LogP contribution in [-0.4, -0.2) is 21.9 Å². The number of para-hydroxylation sites is 2. The maximum atomic E-state index is 12.9. The lowest BCUT2D eigenvalue weighted by Crippen LogP contribution is -2.35. The Hall–Kier alpha value is -2.89. The summed E-state index contributed by atoms with van der Waals surface area (Å²) < 4.78 is 12.9. The summed E-state index contributed by atoms with van der Waals surface area (Å²) >= 11 is 0. The summed E-state index contributed by atoms with van der Waals surface area (Å²) in [6.07, 6.45) is 3.58. The van der Waals surface area contributed by atoms with Crippen molar-refractivity contribution in [3.05, 3.63) is 59.9 Å². The number of nitrogens with zero attached hydrogens (tertiary/aromatic N) is 1. The number of amides is 1. The number of rotatable bonds is 5. The van der Waals surface area contributed by atoms with Gasteiger partial charge in [0.05, 0.1) is 11.0 Å². The second-order valence-corrected chi connectivity index (χ2v) is 7.14. The third kappa shape index (κ3) is 4.27. The lowest BCUT2D eigenvalue weighted by molar-refractivity contribution is -0.126. The van der Waals surface area contributed by atoms with Crippen LogP contribution in [0.3, 0.4) is 0 Å². The Kier molecular flexibility index (Phi) is 5.05. The summed E-state index contributed by atoms with van der Waals surface area (Å²) in [6.45, 7) is 0.441. The van der Waals surface area contributed by atoms with Crippen molar-refractivity contribution in [1.82, 2.24) is 15.3 Å². The second kappa shape index (κ2) is 7.78. The van der Waals surface area contributed by atoms with E-state index in [4.69, 9.17) is 0 Å². The first-order chi connectivity index (χ1) is 13.2. The molecule has 1 saturated carbocycles. The quantitative estimate of drug-likeness (QED) is 0.639. The van der Waals surface area contributed by atoms with Crippen molar-refractivity contribution < 1.29 is 9.18 Å². The first-order valence-corrected chi connectivity index (χ1v) is 9.41. The van der Waals surface area contributed by atoms with Crippen molar-refractivity contribution in [3.63, 3.8) is 0 Å². The molecule has 2 aromatic carbocycles. The number of carbonyl (C=O) groups is 1. The van der Waals surface area contributed by atoms with Gasteiger partial charge in [0.2, 0.25) is 11.9 Å². The molecule has 4 rings (SSSR count). The van der Waals surface area contributed by atoms with E-state index in [1.807, 2.05) is 24.3 Å². The van der Waals surface area contributed by atoms with Gasteiger partial charge in [-0.2, -0.15) is 0 Å². The number of aromatic amines is 1. The van der Waals surface area contributed by atoms with Gasteiger partial charge in [-0.1, -0.05) is 24.3 Å². The predicted octanol–water partition coefficient (Wildman–Crippen LogP) is 3.99. The normalized spacial score (nSPS) is 19.7. The summed E-state index contributed by atoms with van der Waals surface area (Å²) in [7, 11) is 0. The summed E-state index contributed by atoms with van der Waals surface area (Å²) in [5.41, 5.74) is 2.88. The number of nitrogens with one attached hydrogen (secondary N) is 3. The molecular weight excluding hydrogens is 343 g/mol. The van der Waals surface area contributed by atoms with Crippen molar-refractivity contribution in [2.45, 2.75) is 38.3 Å². The Morgan fingerprint density at radius 2 is 1.81 bits per heavy atom. The summed E-state index contributed by atoms with van der Waals surface area (Å²) in [5.74, 6) is 0.654. The van der Waals surface area contributed by atoms with Crippen LogP contribution in [0.15, 0.2) is 48.5 Å². The first-order valence-electron chi connectivity index (χ1n) is 9.41. The molecule has 0 spiro atoms. The lowest BCUT2D eigenvalue weighted by atomic mass is 9.85. The van der Waals surface area contributed by atoms with Crippen LogP contribution in [-0.2, 0) is 11.3 Å². The fraction of sp³-hybridized carbons (Fsp3) is 0.333. The zero-order chi connectivity index (χ0) is 18.6. The maximum absolute atomic E-state index is 12.9. The molecular formula is C21H23FN4O. The van der Waals surface area contributed by atoms with E-state index in [0.717, 1.165) is 48.2 Å². The van der Waals surface area contributed by atoms with E-state index in [1.165, 1.54) is 12.1 Å². The average molecular weight is 366 g/mol. The van der Waals surface area contributed by atoms with Gasteiger partial charge in [0.15, 0.2) is 0 Å². The monoisotopic (exact) mass is 366 g/mol. The Morgan fingerprint density at radius 3 is 2.56 bits per heavy atom. The van der Waals surface area contributed by atoms with Gasteiger partial charge in [0, 0.05) is 18.5 Å². The zero-order valence-electron chi connectivity index (χ0n) is 15.0. The van der Waals surface area contributed by atoms with Gasteiger partial charge in [0.25, 0.3) is 0 Å². The van der Waals surface area contributed by atoms with Crippen molar-refractivity contribution in [2.75, 3.05) is 5.32 Å². The predicted molar refractivity (Wildman–Crippen MR) is 104 cm³/mol. The number of halogens is 1. The van der Waals surface area contributed by atoms with E-state index in [2.05, 4.69) is 20.6 Å². The molecule has 1 amide bonds. The highest BCUT2D eigenvalue weighted by atomic mass is 19.1. The Morgan fingerprint density at radius 1 is 1.07 bits per heavy atom. The SMILES string of the molecule is O=C(NCc1ccc(F)cc1)[C@H]1CC[C@H](Nc2nc3ccccc3[nH]2)CC1. The Labute approximate surface area is 157 Å². The number of benzene rings is 2. The molecule has 0 aliphatic heterocycles. The van der Waals surface area contributed by atoms with Gasteiger partial charge in [-0.3, -0.25) is 4.79 Å². The molecule has 27 heavy (non-hydrogen) atoms. The number of hydrogen-bond acceptors (Lipinski definition) is 3. The van der Waals surface area contributed by atoms with Gasteiger partial charge in [-0.05, 0) is 55.5 Å². The number of aromatic nitrogens is 2. The van der Waals surface area contributed by atoms with Crippen LogP contribution in [0.1, 0.15) is 31.2 Å². The van der Waals surface area contributed by atoms with Gasteiger partial charge < -0.3 is 15.6 Å². The van der Waals surface area contributed by atoms with Crippen molar-refractivity contribution >= 4 is 22.9 Å². The third-order valence-corrected chi connectivity index (χ3v) is 5.21. The number of carbonyl (C=O) groups excluding carboxylic acids is 1. The number of imidazole rings is 1. The number of hydrogen-bond donors (Lipinski definition) is 3. The minimum absolute atomic E-state index is 0.0409. The zero-order valence-corrected chi connectivity index (χ0v) is 15.0. The lowest BCUT2D eigenvalue weighted by Gasteiger charge is -2.28. The first kappa shape index (κ1) is 17.5. The molecule has 5 nitrogen and oxygen atoms in total. The molecule has 0 radical (unpaired) electrons. The second-order valence-electron chi connectivity index (χ2n) is 7.14. The summed E-state index contributed by atoms with van der Waals surface area (Å²) in [4.78, 5) is 20.2. The van der Waals surface area contributed by atoms with Crippen LogP contribution in [0, 0.1) is 11.7 Å². The van der Waals surface area contributed by atoms with Gasteiger partial charge in [-0.25, -0.2) is 9.37 Å². The fourth-order valence-electron chi connectivity index (χ4n) is 3.65. The summed E-state index contributed by atoms with van der Waals surface area (Å²) in [5, 5.41) is 6.43. The molecule has 140 valence electrons. The van der Waals surface area contributed by atoms with E-state index in [1.54, 1.807) is 12.1 Å². The third-order valence-electron chi connectivity index (χ3n) is 5.21. The topological polar surface area (TPSA) is 69.8 Å². The number of fused-ring (bicyclic) bond motifs is 1. The number of H-pyrrole nitrogens is 1. The summed E-state index contributed by atoms with van der Waals surface area (Å²) in [6, 6.07) is 14.5. The molecule has 0 atom stereocenters. The molecule has 0 saturated heterocycles. The average Bonchev–Trinajstić information content (AvgIpc) is 3.10. The highest BCUT2D eigenvalue weighted by Crippen LogP contribution is 2.27. The van der Waals surface area contributed by atoms with E-state index in [-0.39, 0.29) is 17.6 Å². The minimum atomic E-state index is -0.264. The van der Waals surface area contributed by atoms with Crippen LogP contribution < -0.4 is 10.6 Å². The highest BCUT2D eigenvalue weighted by molar-refractivity contribution is 5.79. The smallest absolute Gasteiger partial charge is 0.223 e. The number of anilines is 1. The van der Waals surface area contributed by atoms with E-state index >= 15 is 0 Å².